The van der Waals surface area contributed by atoms with Gasteiger partial charge in [0.1, 0.15) is 11.6 Å². The summed E-state index contributed by atoms with van der Waals surface area (Å²) in [6, 6.07) is 10.2. The van der Waals surface area contributed by atoms with Gasteiger partial charge in [0.25, 0.3) is 0 Å². The Labute approximate surface area is 128 Å². The lowest BCUT2D eigenvalue weighted by atomic mass is 10.1. The predicted molar refractivity (Wildman–Crippen MR) is 89.3 cm³/mol. The first kappa shape index (κ1) is 13.9. The van der Waals surface area contributed by atoms with Crippen molar-refractivity contribution in [3.63, 3.8) is 0 Å². The van der Waals surface area contributed by atoms with Gasteiger partial charge in [-0.3, -0.25) is 0 Å². The standard InChI is InChI=1S/C17H18N2OS/c1-3-12-8-10-21-16(12)11-19-17-14-5-4-6-15(20-2)13(14)7-9-18-17/h4-10H,3,11H2,1-2H3,(H,18,19). The van der Waals surface area contributed by atoms with Crippen molar-refractivity contribution < 1.29 is 4.74 Å². The van der Waals surface area contributed by atoms with E-state index in [4.69, 9.17) is 4.74 Å². The van der Waals surface area contributed by atoms with Gasteiger partial charge in [0.15, 0.2) is 0 Å². The second-order valence-electron chi connectivity index (χ2n) is 4.79. The molecule has 0 bridgehead atoms. The highest BCUT2D eigenvalue weighted by molar-refractivity contribution is 7.10. The summed E-state index contributed by atoms with van der Waals surface area (Å²) in [5, 5.41) is 7.78. The maximum atomic E-state index is 5.42. The minimum absolute atomic E-state index is 0.810. The molecule has 0 radical (unpaired) electrons. The summed E-state index contributed by atoms with van der Waals surface area (Å²) in [4.78, 5) is 5.85. The van der Waals surface area contributed by atoms with E-state index in [0.717, 1.165) is 35.3 Å². The number of anilines is 1. The zero-order valence-corrected chi connectivity index (χ0v) is 13.0. The number of hydrogen-bond acceptors (Lipinski definition) is 4. The van der Waals surface area contributed by atoms with E-state index in [9.17, 15) is 0 Å². The fourth-order valence-corrected chi connectivity index (χ4v) is 3.41. The SMILES string of the molecule is CCc1ccsc1CNc1nccc2c(OC)cccc12. The summed E-state index contributed by atoms with van der Waals surface area (Å²) in [5.41, 5.74) is 1.41. The Balaban J connectivity index is 1.91. The van der Waals surface area contributed by atoms with E-state index in [1.54, 1.807) is 18.4 Å². The monoisotopic (exact) mass is 298 g/mol. The van der Waals surface area contributed by atoms with Crippen LogP contribution in [0.1, 0.15) is 17.4 Å². The average Bonchev–Trinajstić information content (AvgIpc) is 2.99. The zero-order valence-electron chi connectivity index (χ0n) is 12.2. The number of ether oxygens (including phenoxy) is 1. The smallest absolute Gasteiger partial charge is 0.134 e. The minimum atomic E-state index is 0.810. The number of aromatic nitrogens is 1. The number of pyridine rings is 1. The number of rotatable bonds is 5. The van der Waals surface area contributed by atoms with Crippen LogP contribution in [0.2, 0.25) is 0 Å². The molecule has 0 fully saturated rings. The molecule has 2 aromatic heterocycles. The van der Waals surface area contributed by atoms with Crippen LogP contribution in [0.5, 0.6) is 5.75 Å². The third kappa shape index (κ3) is 2.72. The van der Waals surface area contributed by atoms with Crippen LogP contribution in [-0.4, -0.2) is 12.1 Å². The predicted octanol–water partition coefficient (Wildman–Crippen LogP) is 4.48. The van der Waals surface area contributed by atoms with Gasteiger partial charge in [-0.15, -0.1) is 11.3 Å². The number of hydrogen-bond donors (Lipinski definition) is 1. The van der Waals surface area contributed by atoms with Gasteiger partial charge in [0.2, 0.25) is 0 Å². The number of thiophene rings is 1. The van der Waals surface area contributed by atoms with Crippen molar-refractivity contribution in [1.29, 1.82) is 0 Å². The summed E-state index contributed by atoms with van der Waals surface area (Å²) >= 11 is 1.79. The van der Waals surface area contributed by atoms with Crippen molar-refractivity contribution in [3.8, 4) is 5.75 Å². The molecule has 108 valence electrons. The van der Waals surface area contributed by atoms with Crippen LogP contribution in [0.4, 0.5) is 5.82 Å². The van der Waals surface area contributed by atoms with Gasteiger partial charge >= 0.3 is 0 Å². The quantitative estimate of drug-likeness (QED) is 0.754. The molecule has 0 atom stereocenters. The van der Waals surface area contributed by atoms with Gasteiger partial charge in [-0.25, -0.2) is 4.98 Å². The number of nitrogens with zero attached hydrogens (tertiary/aromatic N) is 1. The Bertz CT molecular complexity index is 751. The number of fused-ring (bicyclic) bond motifs is 1. The Morgan fingerprint density at radius 2 is 2.10 bits per heavy atom. The Morgan fingerprint density at radius 1 is 1.19 bits per heavy atom. The van der Waals surface area contributed by atoms with E-state index in [2.05, 4.69) is 34.7 Å². The highest BCUT2D eigenvalue weighted by Gasteiger charge is 2.07. The van der Waals surface area contributed by atoms with Gasteiger partial charge in [-0.2, -0.15) is 0 Å². The van der Waals surface area contributed by atoms with Crippen LogP contribution in [0.15, 0.2) is 41.9 Å². The lowest BCUT2D eigenvalue weighted by Crippen LogP contribution is -2.02. The molecule has 0 saturated carbocycles. The third-order valence-electron chi connectivity index (χ3n) is 3.62. The number of benzene rings is 1. The maximum absolute atomic E-state index is 5.42. The molecule has 4 heteroatoms. The molecule has 3 nitrogen and oxygen atoms in total. The molecule has 0 unspecified atom stereocenters. The fourth-order valence-electron chi connectivity index (χ4n) is 2.50. The van der Waals surface area contributed by atoms with Crippen LogP contribution in [0.3, 0.4) is 0 Å². The molecule has 1 aromatic carbocycles. The average molecular weight is 298 g/mol. The van der Waals surface area contributed by atoms with Gasteiger partial charge in [-0.1, -0.05) is 19.1 Å². The van der Waals surface area contributed by atoms with E-state index in [1.807, 2.05) is 24.4 Å². The van der Waals surface area contributed by atoms with Crippen molar-refractivity contribution in [3.05, 3.63) is 52.3 Å². The molecular formula is C17H18N2OS. The number of aryl methyl sites for hydroxylation is 1. The van der Waals surface area contributed by atoms with Gasteiger partial charge in [0, 0.05) is 21.8 Å². The molecule has 0 saturated heterocycles. The zero-order chi connectivity index (χ0) is 14.7. The van der Waals surface area contributed by atoms with Crippen molar-refractivity contribution >= 4 is 27.9 Å². The van der Waals surface area contributed by atoms with Crippen LogP contribution in [0, 0.1) is 0 Å². The molecule has 0 spiro atoms. The van der Waals surface area contributed by atoms with Crippen molar-refractivity contribution in [1.82, 2.24) is 4.98 Å². The molecule has 0 aliphatic carbocycles. The Hall–Kier alpha value is -2.07. The first-order chi connectivity index (χ1) is 10.3. The van der Waals surface area contributed by atoms with Crippen LogP contribution in [0.25, 0.3) is 10.8 Å². The van der Waals surface area contributed by atoms with Gasteiger partial charge in [-0.05, 0) is 35.6 Å². The molecular weight excluding hydrogens is 280 g/mol. The Morgan fingerprint density at radius 3 is 2.90 bits per heavy atom. The van der Waals surface area contributed by atoms with Crippen LogP contribution < -0.4 is 10.1 Å². The topological polar surface area (TPSA) is 34.2 Å². The summed E-state index contributed by atoms with van der Waals surface area (Å²) in [7, 11) is 1.70. The molecule has 3 rings (SSSR count). The van der Waals surface area contributed by atoms with E-state index < -0.39 is 0 Å². The summed E-state index contributed by atoms with van der Waals surface area (Å²) in [6.07, 6.45) is 2.89. The number of methoxy groups -OCH3 is 1. The lowest BCUT2D eigenvalue weighted by molar-refractivity contribution is 0.420. The first-order valence-electron chi connectivity index (χ1n) is 7.04. The molecule has 21 heavy (non-hydrogen) atoms. The van der Waals surface area contributed by atoms with Crippen molar-refractivity contribution in [2.24, 2.45) is 0 Å². The maximum Gasteiger partial charge on any atom is 0.134 e. The van der Waals surface area contributed by atoms with Gasteiger partial charge < -0.3 is 10.1 Å². The Kier molecular flexibility index (Phi) is 4.06. The summed E-state index contributed by atoms with van der Waals surface area (Å²) in [6.45, 7) is 3.00. The van der Waals surface area contributed by atoms with Crippen LogP contribution in [-0.2, 0) is 13.0 Å². The van der Waals surface area contributed by atoms with E-state index in [1.165, 1.54) is 10.4 Å². The molecule has 3 aromatic rings. The van der Waals surface area contributed by atoms with Crippen LogP contribution >= 0.6 is 11.3 Å². The largest absolute Gasteiger partial charge is 0.496 e. The molecule has 1 N–H and O–H groups in total. The second-order valence-corrected chi connectivity index (χ2v) is 5.79. The minimum Gasteiger partial charge on any atom is -0.496 e. The third-order valence-corrected chi connectivity index (χ3v) is 4.58. The fraction of sp³-hybridized carbons (Fsp3) is 0.235. The second kappa shape index (κ2) is 6.14. The summed E-state index contributed by atoms with van der Waals surface area (Å²) in [5.74, 6) is 1.78. The lowest BCUT2D eigenvalue weighted by Gasteiger charge is -2.11. The summed E-state index contributed by atoms with van der Waals surface area (Å²) < 4.78 is 5.42. The van der Waals surface area contributed by atoms with Crippen molar-refractivity contribution in [2.75, 3.05) is 12.4 Å². The molecule has 0 aliphatic heterocycles. The highest BCUT2D eigenvalue weighted by Crippen LogP contribution is 2.29. The number of nitrogens with one attached hydrogen (secondary N) is 1. The molecule has 2 heterocycles. The van der Waals surface area contributed by atoms with Crippen molar-refractivity contribution in [2.45, 2.75) is 19.9 Å². The van der Waals surface area contributed by atoms with E-state index in [0.29, 0.717) is 0 Å². The highest BCUT2D eigenvalue weighted by atomic mass is 32.1. The van der Waals surface area contributed by atoms with E-state index >= 15 is 0 Å². The van der Waals surface area contributed by atoms with Gasteiger partial charge in [0.05, 0.1) is 13.7 Å². The normalized spacial score (nSPS) is 10.8. The molecule has 0 amide bonds. The van der Waals surface area contributed by atoms with E-state index in [-0.39, 0.29) is 0 Å². The molecule has 0 aliphatic rings. The first-order valence-corrected chi connectivity index (χ1v) is 7.92.